The maximum Gasteiger partial charge on any atom is 0.139 e. The first-order chi connectivity index (χ1) is 14.0. The van der Waals surface area contributed by atoms with Crippen LogP contribution in [0.1, 0.15) is 63.4 Å². The smallest absolute Gasteiger partial charge is 0.139 e. The molecule has 6 rings (SSSR count). The van der Waals surface area contributed by atoms with Crippen molar-refractivity contribution in [2.45, 2.75) is 69.4 Å². The second kappa shape index (κ2) is 7.34. The summed E-state index contributed by atoms with van der Waals surface area (Å²) in [4.78, 5) is 13.8. The Morgan fingerprint density at radius 3 is 2.72 bits per heavy atom. The van der Waals surface area contributed by atoms with Gasteiger partial charge in [0.2, 0.25) is 0 Å². The lowest BCUT2D eigenvalue weighted by Gasteiger charge is -2.66. The summed E-state index contributed by atoms with van der Waals surface area (Å²) in [5.41, 5.74) is 1.44. The molecule has 0 spiro atoms. The Kier molecular flexibility index (Phi) is 5.06. The van der Waals surface area contributed by atoms with Crippen molar-refractivity contribution in [3.63, 3.8) is 0 Å². The summed E-state index contributed by atoms with van der Waals surface area (Å²) < 4.78 is 14.5. The number of nitrogens with one attached hydrogen (secondary N) is 1. The van der Waals surface area contributed by atoms with Gasteiger partial charge in [-0.1, -0.05) is 30.3 Å². The topological polar surface area (TPSA) is 29.1 Å². The fourth-order valence-corrected chi connectivity index (χ4v) is 8.50. The van der Waals surface area contributed by atoms with E-state index in [0.29, 0.717) is 30.5 Å². The highest BCUT2D eigenvalue weighted by molar-refractivity contribution is 6.17. The number of halogens is 2. The average molecular weight is 418 g/mol. The predicted molar refractivity (Wildman–Crippen MR) is 115 cm³/mol. The molecule has 4 saturated carbocycles. The number of Topliss-reactive ketones (excluding diaryl/α,β-unsaturated/α-hetero) is 1. The molecule has 5 aliphatic rings. The van der Waals surface area contributed by atoms with Crippen LogP contribution in [0.2, 0.25) is 0 Å². The molecule has 2 unspecified atom stereocenters. The van der Waals surface area contributed by atoms with Crippen LogP contribution >= 0.6 is 11.6 Å². The third-order valence-electron chi connectivity index (χ3n) is 8.78. The lowest BCUT2D eigenvalue weighted by molar-refractivity contribution is -0.162. The van der Waals surface area contributed by atoms with Crippen LogP contribution in [0, 0.1) is 22.7 Å². The van der Waals surface area contributed by atoms with Gasteiger partial charge < -0.3 is 5.32 Å². The number of piperidine rings is 1. The number of hydrogen-bond donors (Lipinski definition) is 1. The van der Waals surface area contributed by atoms with Crippen LogP contribution in [0.4, 0.5) is 4.39 Å². The molecule has 158 valence electrons. The zero-order valence-electron chi connectivity index (χ0n) is 17.3. The first kappa shape index (κ1) is 20.0. The van der Waals surface area contributed by atoms with E-state index in [-0.39, 0.29) is 22.2 Å². The number of benzene rings is 1. The van der Waals surface area contributed by atoms with Crippen LogP contribution in [0.5, 0.6) is 0 Å². The molecule has 1 saturated heterocycles. The van der Waals surface area contributed by atoms with E-state index in [0.717, 1.165) is 38.6 Å². The van der Waals surface area contributed by atoms with E-state index < -0.39 is 6.17 Å². The Labute approximate surface area is 179 Å². The lowest BCUT2D eigenvalue weighted by atomic mass is 9.37. The molecule has 4 heteroatoms. The van der Waals surface area contributed by atoms with Crippen molar-refractivity contribution in [2.75, 3.05) is 19.0 Å². The second-order valence-electron chi connectivity index (χ2n) is 10.8. The molecule has 1 aromatic rings. The predicted octanol–water partition coefficient (Wildman–Crippen LogP) is 5.43. The van der Waals surface area contributed by atoms with E-state index in [1.54, 1.807) is 0 Å². The summed E-state index contributed by atoms with van der Waals surface area (Å²) >= 11 is 6.29. The van der Waals surface area contributed by atoms with Gasteiger partial charge in [0, 0.05) is 24.3 Å². The van der Waals surface area contributed by atoms with Gasteiger partial charge in [0.1, 0.15) is 12.0 Å². The molecule has 1 aromatic carbocycles. The Morgan fingerprint density at radius 1 is 1.14 bits per heavy atom. The van der Waals surface area contributed by atoms with Crippen LogP contribution in [-0.2, 0) is 10.2 Å². The Bertz CT molecular complexity index is 771. The highest BCUT2D eigenvalue weighted by atomic mass is 35.5. The molecule has 0 amide bonds. The third-order valence-corrected chi connectivity index (χ3v) is 8.97. The van der Waals surface area contributed by atoms with Crippen LogP contribution in [0.15, 0.2) is 30.3 Å². The van der Waals surface area contributed by atoms with Crippen molar-refractivity contribution in [1.29, 1.82) is 0 Å². The van der Waals surface area contributed by atoms with Crippen molar-refractivity contribution < 1.29 is 9.18 Å². The van der Waals surface area contributed by atoms with E-state index >= 15 is 0 Å². The van der Waals surface area contributed by atoms with Crippen molar-refractivity contribution in [2.24, 2.45) is 22.7 Å². The molecule has 2 nitrogen and oxygen atoms in total. The van der Waals surface area contributed by atoms with E-state index in [4.69, 9.17) is 11.6 Å². The molecule has 4 bridgehead atoms. The zero-order chi connectivity index (χ0) is 20.1. The monoisotopic (exact) mass is 417 g/mol. The maximum atomic E-state index is 14.5. The van der Waals surface area contributed by atoms with Gasteiger partial charge in [-0.25, -0.2) is 4.39 Å². The Hall–Kier alpha value is -0.930. The Balaban J connectivity index is 1.48. The Morgan fingerprint density at radius 2 is 1.97 bits per heavy atom. The molecule has 5 fully saturated rings. The van der Waals surface area contributed by atoms with E-state index in [1.807, 2.05) is 0 Å². The molecule has 29 heavy (non-hydrogen) atoms. The average Bonchev–Trinajstić information content (AvgIpc) is 2.69. The molecule has 0 aromatic heterocycles. The number of hydrogen-bond acceptors (Lipinski definition) is 2. The van der Waals surface area contributed by atoms with Gasteiger partial charge >= 0.3 is 0 Å². The summed E-state index contributed by atoms with van der Waals surface area (Å²) in [6.07, 6.45) is 7.89. The van der Waals surface area contributed by atoms with Gasteiger partial charge in [-0.15, -0.1) is 11.6 Å². The van der Waals surface area contributed by atoms with Gasteiger partial charge in [-0.2, -0.15) is 0 Å². The summed E-state index contributed by atoms with van der Waals surface area (Å²) in [7, 11) is 0. The molecule has 1 heterocycles. The van der Waals surface area contributed by atoms with E-state index in [9.17, 15) is 9.18 Å². The van der Waals surface area contributed by atoms with Crippen molar-refractivity contribution in [3.05, 3.63) is 35.9 Å². The normalized spacial score (nSPS) is 43.4. The highest BCUT2D eigenvalue weighted by Gasteiger charge is 2.65. The first-order valence-electron chi connectivity index (χ1n) is 11.5. The largest absolute Gasteiger partial charge is 0.314 e. The zero-order valence-corrected chi connectivity index (χ0v) is 18.0. The lowest BCUT2D eigenvalue weighted by Crippen LogP contribution is -2.61. The van der Waals surface area contributed by atoms with Gasteiger partial charge in [0.25, 0.3) is 0 Å². The van der Waals surface area contributed by atoms with E-state index in [1.165, 1.54) is 24.8 Å². The van der Waals surface area contributed by atoms with Crippen LogP contribution in [0.25, 0.3) is 0 Å². The van der Waals surface area contributed by atoms with Gasteiger partial charge in [-0.05, 0) is 86.1 Å². The number of carbonyl (C=O) groups excluding carboxylic acids is 1. The van der Waals surface area contributed by atoms with Crippen molar-refractivity contribution >= 4 is 17.4 Å². The first-order valence-corrected chi connectivity index (χ1v) is 12.0. The summed E-state index contributed by atoms with van der Waals surface area (Å²) in [5.74, 6) is 1.53. The molecule has 6 atom stereocenters. The second-order valence-corrected chi connectivity index (χ2v) is 11.1. The van der Waals surface area contributed by atoms with Crippen molar-refractivity contribution in [3.8, 4) is 0 Å². The molecule has 4 aliphatic carbocycles. The SMILES string of the molecule is O=C(C[C@@H]1CCNC[C@H]1F)C12CC3C[C@@](CCCl)(C1)C[C@](c1ccccc1)(C3)C2. The summed E-state index contributed by atoms with van der Waals surface area (Å²) in [6.45, 7) is 1.23. The van der Waals surface area contributed by atoms with Gasteiger partial charge in [0.15, 0.2) is 0 Å². The maximum absolute atomic E-state index is 14.5. The standard InChI is InChI=1S/C25H33ClFNO/c26-8-7-23-11-18-12-24(15-23,20-4-2-1-3-5-20)17-25(13-18,16-23)22(29)10-19-6-9-28-14-21(19)27/h1-5,18-19,21,28H,6-17H2/t18?,19-,21+,23+,24+,25?/m0/s1. The number of carbonyl (C=O) groups is 1. The van der Waals surface area contributed by atoms with Crippen LogP contribution in [0.3, 0.4) is 0 Å². The minimum absolute atomic E-state index is 0.103. The minimum Gasteiger partial charge on any atom is -0.314 e. The van der Waals surface area contributed by atoms with Crippen LogP contribution in [-0.4, -0.2) is 30.9 Å². The number of rotatable bonds is 6. The third kappa shape index (κ3) is 3.37. The fourth-order valence-electron chi connectivity index (χ4n) is 8.10. The van der Waals surface area contributed by atoms with Crippen LogP contribution < -0.4 is 5.32 Å². The molecule has 1 N–H and O–H groups in total. The molecule has 0 radical (unpaired) electrons. The number of ketones is 1. The molecular formula is C25H33ClFNO. The van der Waals surface area contributed by atoms with E-state index in [2.05, 4.69) is 35.6 Å². The molecule has 1 aliphatic heterocycles. The quantitative estimate of drug-likeness (QED) is 0.625. The summed E-state index contributed by atoms with van der Waals surface area (Å²) in [6, 6.07) is 10.9. The van der Waals surface area contributed by atoms with Crippen molar-refractivity contribution in [1.82, 2.24) is 5.32 Å². The molecular weight excluding hydrogens is 385 g/mol. The number of alkyl halides is 2. The highest BCUT2D eigenvalue weighted by Crippen LogP contribution is 2.71. The summed E-state index contributed by atoms with van der Waals surface area (Å²) in [5, 5.41) is 3.12. The van der Waals surface area contributed by atoms with Gasteiger partial charge in [0.05, 0.1) is 0 Å². The fraction of sp³-hybridized carbons (Fsp3) is 0.720. The van der Waals surface area contributed by atoms with Gasteiger partial charge in [-0.3, -0.25) is 4.79 Å². The minimum atomic E-state index is -0.888.